The van der Waals surface area contributed by atoms with E-state index in [0.29, 0.717) is 25.8 Å². The van der Waals surface area contributed by atoms with E-state index < -0.39 is 7.60 Å². The topological polar surface area (TPSA) is 55.8 Å². The zero-order valence-corrected chi connectivity index (χ0v) is 17.8. The number of carbonyl (C=O) groups is 1. The number of nitrogens with zero attached hydrogens (tertiary/aromatic N) is 1. The van der Waals surface area contributed by atoms with E-state index in [1.54, 1.807) is 0 Å². The lowest BCUT2D eigenvalue weighted by molar-refractivity contribution is -0.130. The van der Waals surface area contributed by atoms with Crippen molar-refractivity contribution in [3.05, 3.63) is 0 Å². The second-order valence-corrected chi connectivity index (χ2v) is 8.50. The van der Waals surface area contributed by atoms with Gasteiger partial charge in [0.15, 0.2) is 0 Å². The molecule has 5 nitrogen and oxygen atoms in total. The molecule has 0 fully saturated rings. The zero-order chi connectivity index (χ0) is 19.0. The molecule has 0 saturated heterocycles. The van der Waals surface area contributed by atoms with Crippen molar-refractivity contribution in [3.63, 3.8) is 0 Å². The van der Waals surface area contributed by atoms with Crippen molar-refractivity contribution >= 4 is 13.5 Å². The minimum Gasteiger partial charge on any atom is -0.343 e. The molecule has 0 N–H and O–H groups in total. The van der Waals surface area contributed by atoms with Crippen molar-refractivity contribution in [2.75, 3.05) is 32.5 Å². The van der Waals surface area contributed by atoms with E-state index in [2.05, 4.69) is 0 Å². The molecule has 0 saturated carbocycles. The van der Waals surface area contributed by atoms with Crippen LogP contribution in [0.15, 0.2) is 0 Å². The Balaban J connectivity index is 3.55. The van der Waals surface area contributed by atoms with Gasteiger partial charge in [-0.1, -0.05) is 38.5 Å². The summed E-state index contributed by atoms with van der Waals surface area (Å²) < 4.78 is 22.9. The molecule has 25 heavy (non-hydrogen) atoms. The predicted octanol–water partition coefficient (Wildman–Crippen LogP) is 5.63. The summed E-state index contributed by atoms with van der Waals surface area (Å²) >= 11 is 0. The van der Waals surface area contributed by atoms with E-state index in [4.69, 9.17) is 9.05 Å². The van der Waals surface area contributed by atoms with Crippen molar-refractivity contribution in [2.24, 2.45) is 0 Å². The Morgan fingerprint density at radius 3 is 1.64 bits per heavy atom. The molecule has 0 aromatic rings. The van der Waals surface area contributed by atoms with Crippen LogP contribution in [-0.2, 0) is 18.4 Å². The fraction of sp³-hybridized carbons (Fsp3) is 0.947. The molecule has 150 valence electrons. The molecule has 0 aliphatic heterocycles. The van der Waals surface area contributed by atoms with E-state index >= 15 is 0 Å². The molecule has 0 aliphatic rings. The highest BCUT2D eigenvalue weighted by Gasteiger charge is 2.22. The molecule has 0 radical (unpaired) electrons. The van der Waals surface area contributed by atoms with Crippen LogP contribution in [0.5, 0.6) is 0 Å². The van der Waals surface area contributed by atoms with Crippen molar-refractivity contribution in [1.82, 2.24) is 4.90 Å². The summed E-state index contributed by atoms with van der Waals surface area (Å²) in [7, 11) is -2.85. The van der Waals surface area contributed by atoms with Crippen LogP contribution in [0.2, 0.25) is 0 Å². The first-order valence-corrected chi connectivity index (χ1v) is 11.9. The van der Waals surface area contributed by atoms with E-state index in [1.165, 1.54) is 19.3 Å². The van der Waals surface area contributed by atoms with Gasteiger partial charge < -0.3 is 13.9 Å². The maximum atomic E-state index is 12.3. The van der Waals surface area contributed by atoms with Crippen LogP contribution < -0.4 is 0 Å². The standard InChI is InChI=1S/C19H40NO4P/c1-5-20(6-2)19(21)17-15-13-11-9-10-12-14-16-18-25(22,23-7-3)24-8-4/h5-18H2,1-4H3. The molecule has 0 unspecified atom stereocenters. The summed E-state index contributed by atoms with van der Waals surface area (Å²) in [5.41, 5.74) is 0. The number of carbonyl (C=O) groups excluding carboxylic acids is 1. The Morgan fingerprint density at radius 1 is 0.760 bits per heavy atom. The quantitative estimate of drug-likeness (QED) is 0.243. The smallest absolute Gasteiger partial charge is 0.330 e. The number of unbranched alkanes of at least 4 members (excludes halogenated alkanes) is 7. The van der Waals surface area contributed by atoms with Crippen molar-refractivity contribution < 1.29 is 18.4 Å². The van der Waals surface area contributed by atoms with Gasteiger partial charge in [0.1, 0.15) is 0 Å². The molecule has 0 aliphatic carbocycles. The van der Waals surface area contributed by atoms with Gasteiger partial charge in [-0.25, -0.2) is 0 Å². The molecule has 0 aromatic carbocycles. The molecule has 0 aromatic heterocycles. The van der Waals surface area contributed by atoms with Gasteiger partial charge in [-0.3, -0.25) is 9.36 Å². The molecule has 0 rings (SSSR count). The summed E-state index contributed by atoms with van der Waals surface area (Å²) in [5.74, 6) is 0.290. The Bertz CT molecular complexity index is 362. The predicted molar refractivity (Wildman–Crippen MR) is 105 cm³/mol. The Morgan fingerprint density at radius 2 is 1.20 bits per heavy atom. The molecular formula is C19H40NO4P. The monoisotopic (exact) mass is 377 g/mol. The molecule has 6 heteroatoms. The highest BCUT2D eigenvalue weighted by atomic mass is 31.2. The Kier molecular flexibility index (Phi) is 15.6. The second-order valence-electron chi connectivity index (χ2n) is 6.31. The van der Waals surface area contributed by atoms with Gasteiger partial charge in [0.2, 0.25) is 5.91 Å². The van der Waals surface area contributed by atoms with Crippen LogP contribution in [0.3, 0.4) is 0 Å². The number of hydrogen-bond acceptors (Lipinski definition) is 4. The van der Waals surface area contributed by atoms with Gasteiger partial charge in [0.05, 0.1) is 19.4 Å². The second kappa shape index (κ2) is 15.8. The first-order chi connectivity index (χ1) is 12.0. The molecular weight excluding hydrogens is 337 g/mol. The first kappa shape index (κ1) is 24.6. The SMILES string of the molecule is CCOP(=O)(CCCCCCCCCCC(=O)N(CC)CC)OCC. The van der Waals surface area contributed by atoms with Crippen LogP contribution in [0, 0.1) is 0 Å². The van der Waals surface area contributed by atoms with E-state index in [-0.39, 0.29) is 5.91 Å². The minimum atomic E-state index is -2.85. The largest absolute Gasteiger partial charge is 0.343 e. The first-order valence-electron chi connectivity index (χ1n) is 10.2. The number of hydrogen-bond donors (Lipinski definition) is 0. The van der Waals surface area contributed by atoms with Crippen LogP contribution in [0.1, 0.15) is 85.5 Å². The highest BCUT2D eigenvalue weighted by molar-refractivity contribution is 7.53. The highest BCUT2D eigenvalue weighted by Crippen LogP contribution is 2.48. The van der Waals surface area contributed by atoms with Crippen molar-refractivity contribution in [2.45, 2.75) is 85.5 Å². The molecule has 1 amide bonds. The summed E-state index contributed by atoms with van der Waals surface area (Å²) in [5, 5.41) is 0. The van der Waals surface area contributed by atoms with Gasteiger partial charge in [-0.2, -0.15) is 0 Å². The summed E-state index contributed by atoms with van der Waals surface area (Å²) in [4.78, 5) is 13.8. The molecule has 0 bridgehead atoms. The summed E-state index contributed by atoms with van der Waals surface area (Å²) in [6.45, 7) is 10.3. The third-order valence-electron chi connectivity index (χ3n) is 4.34. The minimum absolute atomic E-state index is 0.290. The Hall–Kier alpha value is -0.380. The Labute approximate surface area is 155 Å². The molecule has 0 spiro atoms. The normalized spacial score (nSPS) is 11.7. The lowest BCUT2D eigenvalue weighted by Gasteiger charge is -2.18. The van der Waals surface area contributed by atoms with E-state index in [1.807, 2.05) is 32.6 Å². The summed E-state index contributed by atoms with van der Waals surface area (Å²) in [6.07, 6.45) is 10.1. The van der Waals surface area contributed by atoms with Crippen LogP contribution in [-0.4, -0.2) is 43.3 Å². The van der Waals surface area contributed by atoms with Crippen LogP contribution >= 0.6 is 7.60 Å². The lowest BCUT2D eigenvalue weighted by atomic mass is 10.1. The van der Waals surface area contributed by atoms with Gasteiger partial charge in [0.25, 0.3) is 0 Å². The lowest BCUT2D eigenvalue weighted by Crippen LogP contribution is -2.30. The van der Waals surface area contributed by atoms with Crippen LogP contribution in [0.25, 0.3) is 0 Å². The molecule has 0 heterocycles. The maximum absolute atomic E-state index is 12.3. The van der Waals surface area contributed by atoms with Gasteiger partial charge in [0, 0.05) is 19.5 Å². The average Bonchev–Trinajstić information content (AvgIpc) is 2.58. The van der Waals surface area contributed by atoms with Crippen LogP contribution in [0.4, 0.5) is 0 Å². The molecule has 0 atom stereocenters. The third kappa shape index (κ3) is 12.6. The van der Waals surface area contributed by atoms with E-state index in [9.17, 15) is 9.36 Å². The average molecular weight is 378 g/mol. The van der Waals surface area contributed by atoms with Gasteiger partial charge in [-0.05, 0) is 40.5 Å². The van der Waals surface area contributed by atoms with Gasteiger partial charge >= 0.3 is 7.60 Å². The maximum Gasteiger partial charge on any atom is 0.330 e. The summed E-state index contributed by atoms with van der Waals surface area (Å²) in [6, 6.07) is 0. The number of rotatable bonds is 17. The third-order valence-corrected chi connectivity index (χ3v) is 6.51. The van der Waals surface area contributed by atoms with Crippen molar-refractivity contribution in [1.29, 1.82) is 0 Å². The number of amides is 1. The van der Waals surface area contributed by atoms with Crippen molar-refractivity contribution in [3.8, 4) is 0 Å². The fourth-order valence-corrected chi connectivity index (χ4v) is 4.67. The zero-order valence-electron chi connectivity index (χ0n) is 16.9. The fourth-order valence-electron chi connectivity index (χ4n) is 2.94. The van der Waals surface area contributed by atoms with Gasteiger partial charge in [-0.15, -0.1) is 0 Å². The van der Waals surface area contributed by atoms with E-state index in [0.717, 1.165) is 45.2 Å².